The zero-order chi connectivity index (χ0) is 9.68. The van der Waals surface area contributed by atoms with E-state index in [9.17, 15) is 4.48 Å². The van der Waals surface area contributed by atoms with E-state index < -0.39 is 0 Å². The van der Waals surface area contributed by atoms with Gasteiger partial charge in [0.2, 0.25) is 0 Å². The molecule has 4 heteroatoms. The first-order chi connectivity index (χ1) is 6.22. The predicted octanol–water partition coefficient (Wildman–Crippen LogP) is 2.55. The van der Waals surface area contributed by atoms with Crippen molar-refractivity contribution in [2.24, 2.45) is 0 Å². The van der Waals surface area contributed by atoms with Gasteiger partial charge in [-0.3, -0.25) is 0 Å². The van der Waals surface area contributed by atoms with Crippen LogP contribution in [0.2, 0.25) is 5.02 Å². The van der Waals surface area contributed by atoms with Crippen molar-refractivity contribution in [1.29, 1.82) is 0 Å². The zero-order valence-electron chi connectivity index (χ0n) is 7.43. The number of nitrogens with one attached hydrogen (secondary N) is 1. The number of hydrogen-bond acceptors (Lipinski definition) is 2. The fourth-order valence-corrected chi connectivity index (χ4v) is 1.15. The van der Waals surface area contributed by atoms with Crippen LogP contribution in [0.3, 0.4) is 0 Å². The van der Waals surface area contributed by atoms with E-state index in [0.29, 0.717) is 23.3 Å². The van der Waals surface area contributed by atoms with Crippen LogP contribution >= 0.6 is 11.6 Å². The fraction of sp³-hybridized carbons (Fsp3) is 0.333. The molecule has 72 valence electrons. The summed E-state index contributed by atoms with van der Waals surface area (Å²) in [6.45, 7) is 2.50. The van der Waals surface area contributed by atoms with Crippen LogP contribution in [0.15, 0.2) is 24.3 Å². The molecule has 0 aliphatic rings. The van der Waals surface area contributed by atoms with Crippen LogP contribution in [0.25, 0.3) is 0 Å². The van der Waals surface area contributed by atoms with Crippen LogP contribution in [-0.2, 0) is 6.54 Å². The summed E-state index contributed by atoms with van der Waals surface area (Å²) >= 11 is 5.76. The molecule has 0 saturated heterocycles. The third kappa shape index (κ3) is 3.72. The van der Waals surface area contributed by atoms with Crippen LogP contribution < -0.4 is 5.43 Å². The molecule has 13 heavy (non-hydrogen) atoms. The first-order valence-electron chi connectivity index (χ1n) is 4.13. The quantitative estimate of drug-likeness (QED) is 0.596. The van der Waals surface area contributed by atoms with Crippen molar-refractivity contribution in [2.45, 2.75) is 13.5 Å². The fourth-order valence-electron chi connectivity index (χ4n) is 0.936. The summed E-state index contributed by atoms with van der Waals surface area (Å²) in [5, 5.41) is 1.21. The third-order valence-corrected chi connectivity index (χ3v) is 1.86. The average Bonchev–Trinajstić information content (AvgIpc) is 2.14. The second kappa shape index (κ2) is 5.17. The van der Waals surface area contributed by atoms with E-state index in [4.69, 9.17) is 11.6 Å². The molecular formula is C9H12ClFN2. The molecule has 0 aliphatic carbocycles. The average molecular weight is 203 g/mol. The third-order valence-electron chi connectivity index (χ3n) is 1.62. The maximum atomic E-state index is 12.6. The van der Waals surface area contributed by atoms with Gasteiger partial charge in [-0.25, -0.2) is 5.43 Å². The highest BCUT2D eigenvalue weighted by Crippen LogP contribution is 2.10. The molecule has 1 aromatic rings. The summed E-state index contributed by atoms with van der Waals surface area (Å²) in [5.41, 5.74) is 3.55. The van der Waals surface area contributed by atoms with Crippen molar-refractivity contribution >= 4 is 11.6 Å². The number of hydrogen-bond donors (Lipinski definition) is 1. The summed E-state index contributed by atoms with van der Waals surface area (Å²) in [5.74, 6) is 0. The number of benzene rings is 1. The normalized spacial score (nSPS) is 10.8. The van der Waals surface area contributed by atoms with Gasteiger partial charge in [0.25, 0.3) is 0 Å². The molecule has 1 rings (SSSR count). The monoisotopic (exact) mass is 202 g/mol. The summed E-state index contributed by atoms with van der Waals surface area (Å²) in [7, 11) is 0. The Labute approximate surface area is 82.2 Å². The van der Waals surface area contributed by atoms with E-state index in [0.717, 1.165) is 5.56 Å². The molecule has 0 aromatic heterocycles. The van der Waals surface area contributed by atoms with Gasteiger partial charge in [0.05, 0.1) is 0 Å². The molecule has 0 unspecified atom stereocenters. The Morgan fingerprint density at radius 1 is 1.54 bits per heavy atom. The molecule has 0 spiro atoms. The topological polar surface area (TPSA) is 15.3 Å². The Kier molecular flexibility index (Phi) is 4.15. The van der Waals surface area contributed by atoms with E-state index in [-0.39, 0.29) is 0 Å². The lowest BCUT2D eigenvalue weighted by Gasteiger charge is -2.10. The van der Waals surface area contributed by atoms with Gasteiger partial charge in [-0.15, -0.1) is 4.48 Å². The van der Waals surface area contributed by atoms with Crippen LogP contribution in [0, 0.1) is 0 Å². The number of rotatable bonds is 4. The first kappa shape index (κ1) is 10.4. The Bertz CT molecular complexity index is 268. The van der Waals surface area contributed by atoms with Crippen LogP contribution in [0.5, 0.6) is 0 Å². The molecule has 0 heterocycles. The zero-order valence-corrected chi connectivity index (χ0v) is 8.18. The number of hydrazine groups is 1. The Balaban J connectivity index is 2.45. The first-order valence-corrected chi connectivity index (χ1v) is 4.51. The van der Waals surface area contributed by atoms with Gasteiger partial charge in [-0.1, -0.05) is 29.0 Å². The Morgan fingerprint density at radius 3 is 2.92 bits per heavy atom. The molecular weight excluding hydrogens is 191 g/mol. The van der Waals surface area contributed by atoms with Crippen LogP contribution in [-0.4, -0.2) is 11.8 Å². The lowest BCUT2D eigenvalue weighted by atomic mass is 10.2. The van der Waals surface area contributed by atoms with E-state index in [1.165, 1.54) is 0 Å². The second-order valence-electron chi connectivity index (χ2n) is 2.64. The van der Waals surface area contributed by atoms with Gasteiger partial charge in [-0.05, 0) is 24.6 Å². The molecule has 2 nitrogen and oxygen atoms in total. The summed E-state index contributed by atoms with van der Waals surface area (Å²) in [6.07, 6.45) is 0. The number of halogens is 2. The predicted molar refractivity (Wildman–Crippen MR) is 51.8 cm³/mol. The maximum Gasteiger partial charge on any atom is 0.0424 e. The molecule has 0 saturated carbocycles. The highest BCUT2D eigenvalue weighted by Gasteiger charge is 1.98. The lowest BCUT2D eigenvalue weighted by Crippen LogP contribution is -2.29. The van der Waals surface area contributed by atoms with Crippen molar-refractivity contribution in [3.63, 3.8) is 0 Å². The minimum atomic E-state index is 0.320. The summed E-state index contributed by atoms with van der Waals surface area (Å²) < 4.78 is 12.6. The van der Waals surface area contributed by atoms with Gasteiger partial charge in [-0.2, -0.15) is 0 Å². The standard InChI is InChI=1S/C9H12ClFN2/c1-2-13(11)12-7-8-4-3-5-9(10)6-8/h3-6,12H,2,7H2,1H3. The Hall–Kier alpha value is -0.640. The smallest absolute Gasteiger partial charge is 0.0424 e. The molecule has 0 bridgehead atoms. The van der Waals surface area contributed by atoms with Gasteiger partial charge < -0.3 is 0 Å². The highest BCUT2D eigenvalue weighted by molar-refractivity contribution is 6.30. The van der Waals surface area contributed by atoms with Gasteiger partial charge in [0, 0.05) is 18.1 Å². The SMILES string of the molecule is CCN(F)NCc1cccc(Cl)c1. The van der Waals surface area contributed by atoms with Gasteiger partial charge in [0.1, 0.15) is 0 Å². The molecule has 0 atom stereocenters. The number of nitrogens with zero attached hydrogens (tertiary/aromatic N) is 1. The van der Waals surface area contributed by atoms with Crippen molar-refractivity contribution in [2.75, 3.05) is 6.54 Å². The van der Waals surface area contributed by atoms with E-state index in [1.807, 2.05) is 12.1 Å². The molecule has 0 fully saturated rings. The Morgan fingerprint density at radius 2 is 2.31 bits per heavy atom. The van der Waals surface area contributed by atoms with E-state index in [1.54, 1.807) is 19.1 Å². The molecule has 0 amide bonds. The second-order valence-corrected chi connectivity index (χ2v) is 3.08. The van der Waals surface area contributed by atoms with Gasteiger partial charge >= 0.3 is 0 Å². The van der Waals surface area contributed by atoms with Gasteiger partial charge in [0.15, 0.2) is 0 Å². The molecule has 1 aromatic carbocycles. The minimum absolute atomic E-state index is 0.320. The minimum Gasteiger partial charge on any atom is -0.223 e. The molecule has 1 N–H and O–H groups in total. The highest BCUT2D eigenvalue weighted by atomic mass is 35.5. The summed E-state index contributed by atoms with van der Waals surface area (Å²) in [4.78, 5) is 0. The van der Waals surface area contributed by atoms with Crippen molar-refractivity contribution in [3.8, 4) is 0 Å². The maximum absolute atomic E-state index is 12.6. The van der Waals surface area contributed by atoms with Crippen LogP contribution in [0.1, 0.15) is 12.5 Å². The molecule has 0 radical (unpaired) electrons. The summed E-state index contributed by atoms with van der Waals surface area (Å²) in [6, 6.07) is 7.33. The van der Waals surface area contributed by atoms with E-state index >= 15 is 0 Å². The van der Waals surface area contributed by atoms with Crippen molar-refractivity contribution < 1.29 is 4.48 Å². The van der Waals surface area contributed by atoms with Crippen molar-refractivity contribution in [3.05, 3.63) is 34.9 Å². The van der Waals surface area contributed by atoms with E-state index in [2.05, 4.69) is 5.43 Å². The largest absolute Gasteiger partial charge is 0.223 e. The lowest BCUT2D eigenvalue weighted by molar-refractivity contribution is -0.0294. The molecule has 0 aliphatic heterocycles. The van der Waals surface area contributed by atoms with Crippen molar-refractivity contribution in [1.82, 2.24) is 10.7 Å². The van der Waals surface area contributed by atoms with Crippen LogP contribution in [0.4, 0.5) is 4.48 Å².